The number of aromatic nitrogens is 3. The highest BCUT2D eigenvalue weighted by atomic mass is 16.5. The molecule has 0 fully saturated rings. The van der Waals surface area contributed by atoms with Crippen molar-refractivity contribution in [3.63, 3.8) is 0 Å². The summed E-state index contributed by atoms with van der Waals surface area (Å²) < 4.78 is 7.06. The van der Waals surface area contributed by atoms with Crippen LogP contribution in [0.1, 0.15) is 18.3 Å². The summed E-state index contributed by atoms with van der Waals surface area (Å²) in [5.41, 5.74) is 2.28. The van der Waals surface area contributed by atoms with Gasteiger partial charge >= 0.3 is 0 Å². The number of methoxy groups -OCH3 is 1. The second kappa shape index (κ2) is 7.76. The van der Waals surface area contributed by atoms with Crippen molar-refractivity contribution in [3.05, 3.63) is 42.0 Å². The normalized spacial score (nSPS) is 16.5. The molecule has 2 heterocycles. The highest BCUT2D eigenvalue weighted by molar-refractivity contribution is 5.97. The van der Waals surface area contributed by atoms with Crippen molar-refractivity contribution in [2.24, 2.45) is 0 Å². The van der Waals surface area contributed by atoms with Crippen molar-refractivity contribution in [2.45, 2.75) is 32.5 Å². The van der Waals surface area contributed by atoms with E-state index in [1.165, 1.54) is 5.56 Å². The highest BCUT2D eigenvalue weighted by Crippen LogP contribution is 2.31. The number of benzene rings is 1. The molecule has 0 saturated heterocycles. The number of likely N-dealkylation sites (N-methyl/N-ethyl adjacent to an activating group) is 1. The molecule has 0 radical (unpaired) electrons. The molecular formula is C18H25N5O2. The number of carbonyl (C=O) groups is 1. The summed E-state index contributed by atoms with van der Waals surface area (Å²) in [4.78, 5) is 16.7. The van der Waals surface area contributed by atoms with Crippen molar-refractivity contribution < 1.29 is 9.53 Å². The van der Waals surface area contributed by atoms with Crippen LogP contribution in [0.2, 0.25) is 0 Å². The van der Waals surface area contributed by atoms with Crippen LogP contribution in [0.5, 0.6) is 0 Å². The van der Waals surface area contributed by atoms with Crippen molar-refractivity contribution in [1.29, 1.82) is 0 Å². The number of amides is 1. The number of nitrogens with zero attached hydrogens (tertiary/aromatic N) is 5. The van der Waals surface area contributed by atoms with Gasteiger partial charge in [-0.2, -0.15) is 0 Å². The molecule has 0 saturated carbocycles. The van der Waals surface area contributed by atoms with Gasteiger partial charge in [0.05, 0.1) is 19.7 Å². The summed E-state index contributed by atoms with van der Waals surface area (Å²) in [6, 6.07) is 8.33. The molecule has 1 atom stereocenters. The van der Waals surface area contributed by atoms with Crippen LogP contribution >= 0.6 is 0 Å². The summed E-state index contributed by atoms with van der Waals surface area (Å²) >= 11 is 0. The summed E-state index contributed by atoms with van der Waals surface area (Å²) in [6.45, 7) is 4.32. The molecule has 25 heavy (non-hydrogen) atoms. The number of para-hydroxylation sites is 1. The van der Waals surface area contributed by atoms with Crippen molar-refractivity contribution >= 4 is 11.6 Å². The molecule has 1 aromatic carbocycles. The number of hydrogen-bond acceptors (Lipinski definition) is 5. The zero-order valence-corrected chi connectivity index (χ0v) is 15.1. The monoisotopic (exact) mass is 343 g/mol. The lowest BCUT2D eigenvalue weighted by molar-refractivity contribution is -0.119. The first-order valence-electron chi connectivity index (χ1n) is 8.54. The molecule has 0 N–H and O–H groups in total. The van der Waals surface area contributed by atoms with Gasteiger partial charge in [-0.3, -0.25) is 9.69 Å². The maximum atomic E-state index is 12.8. The van der Waals surface area contributed by atoms with Gasteiger partial charge in [-0.1, -0.05) is 18.2 Å². The van der Waals surface area contributed by atoms with Crippen LogP contribution in [0.4, 0.5) is 5.69 Å². The van der Waals surface area contributed by atoms with Crippen molar-refractivity contribution in [2.75, 3.05) is 32.2 Å². The van der Waals surface area contributed by atoms with E-state index < -0.39 is 0 Å². The number of hydrogen-bond donors (Lipinski definition) is 0. The van der Waals surface area contributed by atoms with Crippen LogP contribution in [-0.4, -0.2) is 58.9 Å². The molecule has 0 bridgehead atoms. The quantitative estimate of drug-likeness (QED) is 0.759. The first-order chi connectivity index (χ1) is 12.1. The zero-order valence-electron chi connectivity index (χ0n) is 15.1. The standard InChI is InChI=1S/C18H25N5O2/c1-14-10-15-6-4-5-7-16(15)23(14)18(24)12-21(2)11-17-20-19-13-22(17)8-9-25-3/h4-7,13-14H,8-12H2,1-3H3. The van der Waals surface area contributed by atoms with E-state index in [9.17, 15) is 4.79 Å². The Balaban J connectivity index is 1.63. The molecule has 1 aliphatic heterocycles. The molecule has 3 rings (SSSR count). The lowest BCUT2D eigenvalue weighted by atomic mass is 10.1. The highest BCUT2D eigenvalue weighted by Gasteiger charge is 2.30. The molecule has 1 aromatic heterocycles. The van der Waals surface area contributed by atoms with Gasteiger partial charge in [0, 0.05) is 25.4 Å². The smallest absolute Gasteiger partial charge is 0.241 e. The average molecular weight is 343 g/mol. The zero-order chi connectivity index (χ0) is 17.8. The third-order valence-electron chi connectivity index (χ3n) is 4.52. The Morgan fingerprint density at radius 3 is 3.00 bits per heavy atom. The van der Waals surface area contributed by atoms with E-state index in [2.05, 4.69) is 23.2 Å². The summed E-state index contributed by atoms with van der Waals surface area (Å²) in [6.07, 6.45) is 2.61. The Labute approximate surface area is 148 Å². The van der Waals surface area contributed by atoms with Gasteiger partial charge in [0.1, 0.15) is 12.2 Å². The van der Waals surface area contributed by atoms with Gasteiger partial charge in [0.2, 0.25) is 5.91 Å². The Morgan fingerprint density at radius 1 is 1.40 bits per heavy atom. The largest absolute Gasteiger partial charge is 0.383 e. The Kier molecular flexibility index (Phi) is 5.45. The number of ether oxygens (including phenoxy) is 1. The van der Waals surface area contributed by atoms with E-state index in [0.717, 1.165) is 17.9 Å². The van der Waals surface area contributed by atoms with E-state index in [0.29, 0.717) is 26.2 Å². The summed E-state index contributed by atoms with van der Waals surface area (Å²) in [5.74, 6) is 0.949. The molecule has 0 aliphatic carbocycles. The minimum absolute atomic E-state index is 0.114. The molecule has 134 valence electrons. The molecule has 2 aromatic rings. The summed E-state index contributed by atoms with van der Waals surface area (Å²) in [7, 11) is 3.60. The van der Waals surface area contributed by atoms with E-state index in [-0.39, 0.29) is 11.9 Å². The molecular weight excluding hydrogens is 318 g/mol. The van der Waals surface area contributed by atoms with Gasteiger partial charge in [0.15, 0.2) is 0 Å². The van der Waals surface area contributed by atoms with Crippen LogP contribution in [0.3, 0.4) is 0 Å². The molecule has 1 aliphatic rings. The second-order valence-corrected chi connectivity index (χ2v) is 6.55. The van der Waals surface area contributed by atoms with Crippen molar-refractivity contribution in [1.82, 2.24) is 19.7 Å². The second-order valence-electron chi connectivity index (χ2n) is 6.55. The fraction of sp³-hybridized carbons (Fsp3) is 0.500. The van der Waals surface area contributed by atoms with Gasteiger partial charge in [-0.05, 0) is 32.0 Å². The van der Waals surface area contributed by atoms with Gasteiger partial charge in [-0.25, -0.2) is 0 Å². The lowest BCUT2D eigenvalue weighted by Crippen LogP contribution is -2.42. The van der Waals surface area contributed by atoms with Gasteiger partial charge < -0.3 is 14.2 Å². The van der Waals surface area contributed by atoms with E-state index >= 15 is 0 Å². The first kappa shape index (κ1) is 17.6. The van der Waals surface area contributed by atoms with Crippen LogP contribution < -0.4 is 4.90 Å². The first-order valence-corrected chi connectivity index (χ1v) is 8.54. The van der Waals surface area contributed by atoms with E-state index in [1.54, 1.807) is 13.4 Å². The molecule has 7 heteroatoms. The topological polar surface area (TPSA) is 63.5 Å². The van der Waals surface area contributed by atoms with Crippen LogP contribution in [0.15, 0.2) is 30.6 Å². The Bertz CT molecular complexity index is 730. The molecule has 1 unspecified atom stereocenters. The third kappa shape index (κ3) is 3.88. The fourth-order valence-electron chi connectivity index (χ4n) is 3.33. The number of rotatable bonds is 7. The van der Waals surface area contributed by atoms with Crippen LogP contribution in [0.25, 0.3) is 0 Å². The SMILES string of the molecule is COCCn1cnnc1CN(C)CC(=O)N1c2ccccc2CC1C. The lowest BCUT2D eigenvalue weighted by Gasteiger charge is -2.25. The Hall–Kier alpha value is -2.25. The maximum Gasteiger partial charge on any atom is 0.241 e. The minimum Gasteiger partial charge on any atom is -0.383 e. The van der Waals surface area contributed by atoms with E-state index in [4.69, 9.17) is 4.74 Å². The average Bonchev–Trinajstić information content (AvgIpc) is 3.15. The number of carbonyl (C=O) groups excluding carboxylic acids is 1. The molecule has 7 nitrogen and oxygen atoms in total. The number of anilines is 1. The van der Waals surface area contributed by atoms with Crippen LogP contribution in [-0.2, 0) is 29.0 Å². The number of fused-ring (bicyclic) bond motifs is 1. The molecule has 0 spiro atoms. The predicted octanol–water partition coefficient (Wildman–Crippen LogP) is 1.33. The Morgan fingerprint density at radius 2 is 2.20 bits per heavy atom. The van der Waals surface area contributed by atoms with E-state index in [1.807, 2.05) is 39.6 Å². The van der Waals surface area contributed by atoms with Crippen LogP contribution in [0, 0.1) is 0 Å². The van der Waals surface area contributed by atoms with Crippen molar-refractivity contribution in [3.8, 4) is 0 Å². The third-order valence-corrected chi connectivity index (χ3v) is 4.52. The fourth-order valence-corrected chi connectivity index (χ4v) is 3.33. The maximum absolute atomic E-state index is 12.8. The predicted molar refractivity (Wildman–Crippen MR) is 95.3 cm³/mol. The van der Waals surface area contributed by atoms with Gasteiger partial charge in [-0.15, -0.1) is 10.2 Å². The summed E-state index contributed by atoms with van der Waals surface area (Å²) in [5, 5.41) is 8.12. The van der Waals surface area contributed by atoms with Gasteiger partial charge in [0.25, 0.3) is 0 Å². The molecule has 1 amide bonds. The minimum atomic E-state index is 0.114.